The average molecular weight is 177 g/mol. The summed E-state index contributed by atoms with van der Waals surface area (Å²) in [5, 5.41) is 0. The summed E-state index contributed by atoms with van der Waals surface area (Å²) in [6.07, 6.45) is 4.84. The normalized spacial score (nSPS) is 27.8. The molecule has 0 radical (unpaired) electrons. The monoisotopic (exact) mass is 176 g/mol. The molecule has 1 rings (SSSR count). The van der Waals surface area contributed by atoms with Crippen molar-refractivity contribution in [1.29, 1.82) is 0 Å². The average Bonchev–Trinajstić information content (AvgIpc) is 1.77. The van der Waals surface area contributed by atoms with E-state index in [-0.39, 0.29) is 0 Å². The zero-order valence-corrected chi connectivity index (χ0v) is 5.86. The van der Waals surface area contributed by atoms with Crippen molar-refractivity contribution in [3.8, 4) is 0 Å². The second kappa shape index (κ2) is 2.44. The topological polar surface area (TPSA) is 0 Å². The predicted octanol–water partition coefficient (Wildman–Crippen LogP) is 2.56. The van der Waals surface area contributed by atoms with Gasteiger partial charge in [0.1, 0.15) is 6.17 Å². The molecule has 1 atom stereocenters. The van der Waals surface area contributed by atoms with Crippen molar-refractivity contribution in [2.45, 2.75) is 12.6 Å². The van der Waals surface area contributed by atoms with Crippen LogP contribution in [0.2, 0.25) is 0 Å². The van der Waals surface area contributed by atoms with E-state index in [1.165, 1.54) is 0 Å². The predicted molar refractivity (Wildman–Crippen MR) is 35.7 cm³/mol. The van der Waals surface area contributed by atoms with E-state index < -0.39 is 6.17 Å². The first-order valence-electron chi connectivity index (χ1n) is 2.47. The van der Waals surface area contributed by atoms with E-state index in [0.29, 0.717) is 6.42 Å². The lowest BCUT2D eigenvalue weighted by atomic mass is 10.2. The largest absolute Gasteiger partial charge is 0.243 e. The summed E-state index contributed by atoms with van der Waals surface area (Å²) in [5.41, 5.74) is 0. The molecular formula is C6H6BrF. The molecule has 0 aromatic carbocycles. The molecule has 0 spiro atoms. The molecule has 0 saturated carbocycles. The van der Waals surface area contributed by atoms with Gasteiger partial charge in [0, 0.05) is 10.9 Å². The number of hydrogen-bond acceptors (Lipinski definition) is 0. The molecule has 0 amide bonds. The van der Waals surface area contributed by atoms with Crippen LogP contribution in [0.1, 0.15) is 6.42 Å². The van der Waals surface area contributed by atoms with Gasteiger partial charge in [0.25, 0.3) is 0 Å². The van der Waals surface area contributed by atoms with E-state index in [9.17, 15) is 4.39 Å². The van der Waals surface area contributed by atoms with Crippen LogP contribution < -0.4 is 0 Å². The Morgan fingerprint density at radius 2 is 2.50 bits per heavy atom. The van der Waals surface area contributed by atoms with E-state index >= 15 is 0 Å². The molecule has 0 aliphatic heterocycles. The van der Waals surface area contributed by atoms with Crippen molar-refractivity contribution in [2.75, 3.05) is 0 Å². The minimum Gasteiger partial charge on any atom is -0.243 e. The summed E-state index contributed by atoms with van der Waals surface area (Å²) in [5.74, 6) is 0. The minimum atomic E-state index is -0.767. The first-order valence-corrected chi connectivity index (χ1v) is 3.26. The van der Waals surface area contributed by atoms with Crippen molar-refractivity contribution in [2.24, 2.45) is 0 Å². The van der Waals surface area contributed by atoms with Gasteiger partial charge in [-0.1, -0.05) is 22.0 Å². The van der Waals surface area contributed by atoms with Crippen LogP contribution in [0.3, 0.4) is 0 Å². The van der Waals surface area contributed by atoms with Gasteiger partial charge in [-0.3, -0.25) is 0 Å². The summed E-state index contributed by atoms with van der Waals surface area (Å²) in [6, 6.07) is 0. The highest BCUT2D eigenvalue weighted by molar-refractivity contribution is 9.11. The Balaban J connectivity index is 2.58. The molecule has 0 fully saturated rings. The van der Waals surface area contributed by atoms with E-state index in [4.69, 9.17) is 0 Å². The van der Waals surface area contributed by atoms with Gasteiger partial charge in [-0.05, 0) is 12.2 Å². The van der Waals surface area contributed by atoms with E-state index in [2.05, 4.69) is 15.9 Å². The number of alkyl halides is 1. The minimum absolute atomic E-state index is 0.511. The second-order valence-corrected chi connectivity index (χ2v) is 2.62. The number of hydrogen-bond donors (Lipinski definition) is 0. The van der Waals surface area contributed by atoms with Crippen LogP contribution in [0.25, 0.3) is 0 Å². The summed E-state index contributed by atoms with van der Waals surface area (Å²) in [4.78, 5) is 0. The summed E-state index contributed by atoms with van der Waals surface area (Å²) >= 11 is 3.22. The van der Waals surface area contributed by atoms with Crippen molar-refractivity contribution in [3.63, 3.8) is 0 Å². The van der Waals surface area contributed by atoms with Gasteiger partial charge in [-0.15, -0.1) is 0 Å². The van der Waals surface area contributed by atoms with E-state index in [1.807, 2.05) is 6.08 Å². The van der Waals surface area contributed by atoms with Crippen molar-refractivity contribution < 1.29 is 4.39 Å². The molecule has 44 valence electrons. The van der Waals surface area contributed by atoms with Crippen molar-refractivity contribution in [1.82, 2.24) is 0 Å². The maximum Gasteiger partial charge on any atom is 0.122 e. The van der Waals surface area contributed by atoms with Gasteiger partial charge in [-0.25, -0.2) is 4.39 Å². The molecule has 0 nitrogen and oxygen atoms in total. The molecule has 1 aliphatic carbocycles. The van der Waals surface area contributed by atoms with E-state index in [0.717, 1.165) is 4.48 Å². The lowest BCUT2D eigenvalue weighted by Crippen LogP contribution is -1.95. The van der Waals surface area contributed by atoms with Gasteiger partial charge in [0.05, 0.1) is 0 Å². The molecule has 0 N–H and O–H groups in total. The maximum atomic E-state index is 12.2. The lowest BCUT2D eigenvalue weighted by molar-refractivity contribution is 0.401. The third-order valence-corrected chi connectivity index (χ3v) is 1.59. The Bertz CT molecular complexity index is 137. The SMILES string of the molecule is FC1C=CC(Br)=CC1. The van der Waals surface area contributed by atoms with Crippen LogP contribution in [0.4, 0.5) is 4.39 Å². The van der Waals surface area contributed by atoms with Crippen LogP contribution in [0.5, 0.6) is 0 Å². The third kappa shape index (κ3) is 1.44. The molecule has 1 unspecified atom stereocenters. The molecule has 2 heteroatoms. The Labute approximate surface area is 56.2 Å². The van der Waals surface area contributed by atoms with Crippen molar-refractivity contribution >= 4 is 15.9 Å². The highest BCUT2D eigenvalue weighted by atomic mass is 79.9. The third-order valence-electron chi connectivity index (χ3n) is 1.00. The number of allylic oxidation sites excluding steroid dienone is 4. The summed E-state index contributed by atoms with van der Waals surface area (Å²) in [6.45, 7) is 0. The van der Waals surface area contributed by atoms with E-state index in [1.54, 1.807) is 12.2 Å². The van der Waals surface area contributed by atoms with Crippen LogP contribution in [-0.2, 0) is 0 Å². The molecule has 1 aliphatic rings. The molecule has 8 heavy (non-hydrogen) atoms. The van der Waals surface area contributed by atoms with Gasteiger partial charge < -0.3 is 0 Å². The maximum absolute atomic E-state index is 12.2. The molecule has 0 aromatic heterocycles. The molecule has 0 saturated heterocycles. The Morgan fingerprint density at radius 1 is 1.75 bits per heavy atom. The number of halogens is 2. The van der Waals surface area contributed by atoms with Gasteiger partial charge in [0.15, 0.2) is 0 Å². The molecular weight excluding hydrogens is 171 g/mol. The number of rotatable bonds is 0. The fourth-order valence-corrected chi connectivity index (χ4v) is 0.908. The van der Waals surface area contributed by atoms with Crippen LogP contribution in [0, 0.1) is 0 Å². The highest BCUT2D eigenvalue weighted by Gasteiger charge is 2.02. The lowest BCUT2D eigenvalue weighted by Gasteiger charge is -2.02. The Morgan fingerprint density at radius 3 is 2.88 bits per heavy atom. The first kappa shape index (κ1) is 6.02. The first-order chi connectivity index (χ1) is 3.79. The quantitative estimate of drug-likeness (QED) is 0.533. The van der Waals surface area contributed by atoms with Gasteiger partial charge in [0.2, 0.25) is 0 Å². The van der Waals surface area contributed by atoms with Crippen LogP contribution in [0.15, 0.2) is 22.7 Å². The fourth-order valence-electron chi connectivity index (χ4n) is 0.568. The van der Waals surface area contributed by atoms with Gasteiger partial charge in [-0.2, -0.15) is 0 Å². The second-order valence-electron chi connectivity index (χ2n) is 1.70. The smallest absolute Gasteiger partial charge is 0.122 e. The van der Waals surface area contributed by atoms with Crippen LogP contribution >= 0.6 is 15.9 Å². The zero-order valence-electron chi connectivity index (χ0n) is 4.27. The molecule has 0 heterocycles. The van der Waals surface area contributed by atoms with Crippen LogP contribution in [-0.4, -0.2) is 6.17 Å². The Hall–Kier alpha value is -0.110. The zero-order chi connectivity index (χ0) is 5.98. The fraction of sp³-hybridized carbons (Fsp3) is 0.333. The van der Waals surface area contributed by atoms with Crippen molar-refractivity contribution in [3.05, 3.63) is 22.7 Å². The summed E-state index contributed by atoms with van der Waals surface area (Å²) < 4.78 is 13.2. The highest BCUT2D eigenvalue weighted by Crippen LogP contribution is 2.16. The standard InChI is InChI=1S/C6H6BrF/c7-5-1-3-6(8)4-2-5/h1-3,6H,4H2. The summed E-state index contributed by atoms with van der Waals surface area (Å²) in [7, 11) is 0. The molecule has 0 bridgehead atoms. The van der Waals surface area contributed by atoms with Gasteiger partial charge >= 0.3 is 0 Å². The Kier molecular flexibility index (Phi) is 1.84. The molecule has 0 aromatic rings.